The second-order valence-corrected chi connectivity index (χ2v) is 7.31. The molecule has 1 saturated carbocycles. The van der Waals surface area contributed by atoms with E-state index in [4.69, 9.17) is 0 Å². The van der Waals surface area contributed by atoms with Crippen molar-refractivity contribution < 1.29 is 9.59 Å². The highest BCUT2D eigenvalue weighted by molar-refractivity contribution is 7.14. The van der Waals surface area contributed by atoms with E-state index in [-0.39, 0.29) is 17.9 Å². The van der Waals surface area contributed by atoms with Crippen LogP contribution in [0.1, 0.15) is 41.4 Å². The van der Waals surface area contributed by atoms with E-state index in [0.717, 1.165) is 29.2 Å². The molecule has 0 N–H and O–H groups in total. The van der Waals surface area contributed by atoms with E-state index in [1.165, 1.54) is 11.3 Å². The SMILES string of the molecule is Cc1csc(N(C(=O)[C@@H](C)N2Cc3ccccc3C2=O)C2CC2)n1. The number of thiazole rings is 1. The minimum atomic E-state index is -0.491. The number of aromatic nitrogens is 1. The summed E-state index contributed by atoms with van der Waals surface area (Å²) in [6.45, 7) is 4.25. The number of hydrogen-bond acceptors (Lipinski definition) is 4. The number of benzene rings is 1. The molecule has 1 fully saturated rings. The van der Waals surface area contributed by atoms with Crippen LogP contribution < -0.4 is 4.90 Å². The minimum Gasteiger partial charge on any atom is -0.323 e. The molecule has 2 amide bonds. The topological polar surface area (TPSA) is 53.5 Å². The highest BCUT2D eigenvalue weighted by atomic mass is 32.1. The third-order valence-corrected chi connectivity index (χ3v) is 5.59. The van der Waals surface area contributed by atoms with Crippen molar-refractivity contribution in [3.05, 3.63) is 46.5 Å². The number of nitrogens with zero attached hydrogens (tertiary/aromatic N) is 3. The second-order valence-electron chi connectivity index (χ2n) is 6.48. The third kappa shape index (κ3) is 2.51. The van der Waals surface area contributed by atoms with Gasteiger partial charge in [-0.1, -0.05) is 18.2 Å². The van der Waals surface area contributed by atoms with Crippen LogP contribution in [0.25, 0.3) is 0 Å². The first-order valence-electron chi connectivity index (χ1n) is 8.20. The number of rotatable bonds is 4. The maximum atomic E-state index is 13.1. The highest BCUT2D eigenvalue weighted by Gasteiger charge is 2.41. The molecule has 24 heavy (non-hydrogen) atoms. The zero-order chi connectivity index (χ0) is 16.8. The lowest BCUT2D eigenvalue weighted by atomic mass is 10.1. The Hall–Kier alpha value is -2.21. The summed E-state index contributed by atoms with van der Waals surface area (Å²) in [6, 6.07) is 7.31. The van der Waals surface area contributed by atoms with Gasteiger partial charge in [0, 0.05) is 23.5 Å². The first-order chi connectivity index (χ1) is 11.6. The maximum absolute atomic E-state index is 13.1. The lowest BCUT2D eigenvalue weighted by molar-refractivity contribution is -0.122. The summed E-state index contributed by atoms with van der Waals surface area (Å²) in [5.74, 6) is -0.0921. The molecule has 0 saturated heterocycles. The third-order valence-electron chi connectivity index (χ3n) is 4.64. The molecule has 0 radical (unpaired) electrons. The van der Waals surface area contributed by atoms with E-state index >= 15 is 0 Å². The van der Waals surface area contributed by atoms with Crippen LogP contribution in [0.3, 0.4) is 0 Å². The van der Waals surface area contributed by atoms with Crippen LogP contribution in [-0.4, -0.2) is 33.8 Å². The van der Waals surface area contributed by atoms with Crippen molar-refractivity contribution in [1.29, 1.82) is 0 Å². The van der Waals surface area contributed by atoms with Gasteiger partial charge in [0.25, 0.3) is 11.8 Å². The molecule has 6 heteroatoms. The number of amides is 2. The fourth-order valence-corrected chi connectivity index (χ4v) is 4.02. The maximum Gasteiger partial charge on any atom is 0.255 e. The Kier molecular flexibility index (Phi) is 3.64. The van der Waals surface area contributed by atoms with Gasteiger partial charge in [0.15, 0.2) is 5.13 Å². The molecule has 4 rings (SSSR count). The highest BCUT2D eigenvalue weighted by Crippen LogP contribution is 2.35. The Morgan fingerprint density at radius 3 is 2.75 bits per heavy atom. The monoisotopic (exact) mass is 341 g/mol. The van der Waals surface area contributed by atoms with Crippen LogP contribution in [0, 0.1) is 6.92 Å². The van der Waals surface area contributed by atoms with Crippen molar-refractivity contribution in [3.8, 4) is 0 Å². The summed E-state index contributed by atoms with van der Waals surface area (Å²) in [5, 5.41) is 2.70. The minimum absolute atomic E-state index is 0.0343. The first-order valence-corrected chi connectivity index (χ1v) is 9.08. The smallest absolute Gasteiger partial charge is 0.255 e. The van der Waals surface area contributed by atoms with E-state index in [1.54, 1.807) is 9.80 Å². The molecular weight excluding hydrogens is 322 g/mol. The van der Waals surface area contributed by atoms with Crippen LogP contribution in [0.5, 0.6) is 0 Å². The lowest BCUT2D eigenvalue weighted by Crippen LogP contribution is -2.48. The molecule has 0 spiro atoms. The fraction of sp³-hybridized carbons (Fsp3) is 0.389. The predicted molar refractivity (Wildman–Crippen MR) is 93.1 cm³/mol. The van der Waals surface area contributed by atoms with Gasteiger partial charge in [0.2, 0.25) is 0 Å². The number of anilines is 1. The Morgan fingerprint density at radius 1 is 1.38 bits per heavy atom. The van der Waals surface area contributed by atoms with Gasteiger partial charge in [0.05, 0.1) is 5.69 Å². The van der Waals surface area contributed by atoms with Crippen LogP contribution >= 0.6 is 11.3 Å². The molecule has 1 aromatic heterocycles. The van der Waals surface area contributed by atoms with Crippen molar-refractivity contribution in [3.63, 3.8) is 0 Å². The van der Waals surface area contributed by atoms with Crippen LogP contribution in [0.4, 0.5) is 5.13 Å². The van der Waals surface area contributed by atoms with Crippen molar-refractivity contribution in [2.45, 2.75) is 45.3 Å². The van der Waals surface area contributed by atoms with E-state index in [9.17, 15) is 9.59 Å². The second kappa shape index (κ2) is 5.70. The van der Waals surface area contributed by atoms with Crippen LogP contribution in [-0.2, 0) is 11.3 Å². The van der Waals surface area contributed by atoms with Gasteiger partial charge in [-0.25, -0.2) is 4.98 Å². The number of carbonyl (C=O) groups is 2. The summed E-state index contributed by atoms with van der Waals surface area (Å²) >= 11 is 1.49. The average Bonchev–Trinajstić information content (AvgIpc) is 3.23. The predicted octanol–water partition coefficient (Wildman–Crippen LogP) is 2.99. The normalized spacial score (nSPS) is 17.8. The van der Waals surface area contributed by atoms with Gasteiger partial charge < -0.3 is 4.90 Å². The quantitative estimate of drug-likeness (QED) is 0.859. The number of fused-ring (bicyclic) bond motifs is 1. The van der Waals surface area contributed by atoms with Gasteiger partial charge in [-0.3, -0.25) is 14.5 Å². The largest absolute Gasteiger partial charge is 0.323 e. The summed E-state index contributed by atoms with van der Waals surface area (Å²) < 4.78 is 0. The van der Waals surface area contributed by atoms with Gasteiger partial charge in [-0.2, -0.15) is 0 Å². The molecule has 1 aliphatic heterocycles. The van der Waals surface area contributed by atoms with Gasteiger partial charge >= 0.3 is 0 Å². The molecule has 5 nitrogen and oxygen atoms in total. The first kappa shape index (κ1) is 15.3. The van der Waals surface area contributed by atoms with Crippen molar-refractivity contribution in [1.82, 2.24) is 9.88 Å². The van der Waals surface area contributed by atoms with Gasteiger partial charge in [-0.15, -0.1) is 11.3 Å². The molecule has 2 heterocycles. The standard InChI is InChI=1S/C18H19N3O2S/c1-11-10-24-18(19-11)21(14-7-8-14)16(22)12(2)20-9-13-5-3-4-6-15(13)17(20)23/h3-6,10,12,14H,7-9H2,1-2H3/t12-/m1/s1. The lowest BCUT2D eigenvalue weighted by Gasteiger charge is -2.29. The van der Waals surface area contributed by atoms with Crippen molar-refractivity contribution >= 4 is 28.3 Å². The van der Waals surface area contributed by atoms with E-state index in [2.05, 4.69) is 4.98 Å². The summed E-state index contributed by atoms with van der Waals surface area (Å²) in [6.07, 6.45) is 2.01. The molecule has 1 aliphatic carbocycles. The number of aryl methyl sites for hydroxylation is 1. The van der Waals surface area contributed by atoms with E-state index in [0.29, 0.717) is 12.1 Å². The molecule has 1 atom stereocenters. The summed E-state index contributed by atoms with van der Waals surface area (Å²) in [7, 11) is 0. The van der Waals surface area contributed by atoms with E-state index in [1.807, 2.05) is 43.5 Å². The Morgan fingerprint density at radius 2 is 2.12 bits per heavy atom. The zero-order valence-corrected chi connectivity index (χ0v) is 14.5. The molecule has 1 aromatic carbocycles. The molecule has 2 aromatic rings. The summed E-state index contributed by atoms with van der Waals surface area (Å²) in [4.78, 5) is 33.7. The van der Waals surface area contributed by atoms with Gasteiger partial charge in [-0.05, 0) is 38.3 Å². The zero-order valence-electron chi connectivity index (χ0n) is 13.7. The Bertz CT molecular complexity index is 812. The Balaban J connectivity index is 1.59. The molecule has 0 unspecified atom stereocenters. The molecule has 124 valence electrons. The average molecular weight is 341 g/mol. The van der Waals surface area contributed by atoms with Gasteiger partial charge in [0.1, 0.15) is 6.04 Å². The molecule has 2 aliphatic rings. The number of hydrogen-bond donors (Lipinski definition) is 0. The van der Waals surface area contributed by atoms with Crippen LogP contribution in [0.15, 0.2) is 29.6 Å². The Labute approximate surface area is 144 Å². The molecular formula is C18H19N3O2S. The van der Waals surface area contributed by atoms with Crippen LogP contribution in [0.2, 0.25) is 0 Å². The summed E-state index contributed by atoms with van der Waals surface area (Å²) in [5.41, 5.74) is 2.62. The van der Waals surface area contributed by atoms with Crippen molar-refractivity contribution in [2.24, 2.45) is 0 Å². The van der Waals surface area contributed by atoms with E-state index < -0.39 is 6.04 Å². The fourth-order valence-electron chi connectivity index (χ4n) is 3.14. The molecule has 0 bridgehead atoms. The van der Waals surface area contributed by atoms with Crippen molar-refractivity contribution in [2.75, 3.05) is 4.90 Å². The number of carbonyl (C=O) groups excluding carboxylic acids is 2.